The Morgan fingerprint density at radius 2 is 1.95 bits per heavy atom. The molecule has 1 aliphatic heterocycles. The number of carbonyl (C=O) groups excluding carboxylic acids is 1. The van der Waals surface area contributed by atoms with Gasteiger partial charge in [0.25, 0.3) is 11.6 Å². The summed E-state index contributed by atoms with van der Waals surface area (Å²) in [6, 6.07) is 15.4. The third kappa shape index (κ3) is 5.96. The van der Waals surface area contributed by atoms with Crippen LogP contribution >= 0.6 is 23.4 Å². The first-order valence-corrected chi connectivity index (χ1v) is 12.2. The van der Waals surface area contributed by atoms with Gasteiger partial charge in [0.05, 0.1) is 33.2 Å². The molecule has 0 radical (unpaired) electrons. The first-order valence-electron chi connectivity index (χ1n) is 11.0. The second-order valence-corrected chi connectivity index (χ2v) is 9.39. The van der Waals surface area contributed by atoms with E-state index >= 15 is 0 Å². The summed E-state index contributed by atoms with van der Waals surface area (Å²) in [7, 11) is 3.04. The van der Waals surface area contributed by atoms with Gasteiger partial charge in [-0.3, -0.25) is 19.8 Å². The van der Waals surface area contributed by atoms with Crippen LogP contribution in [0.3, 0.4) is 0 Å². The number of nitrogens with zero attached hydrogens (tertiary/aromatic N) is 3. The molecule has 12 heteroatoms. The number of nitro groups is 1. The van der Waals surface area contributed by atoms with E-state index in [2.05, 4.69) is 4.99 Å². The van der Waals surface area contributed by atoms with Gasteiger partial charge in [-0.15, -0.1) is 0 Å². The number of halogens is 1. The van der Waals surface area contributed by atoms with Crippen molar-refractivity contribution >= 4 is 57.9 Å². The molecule has 0 saturated carbocycles. The average Bonchev–Trinajstić information content (AvgIpc) is 3.15. The number of rotatable bonds is 8. The van der Waals surface area contributed by atoms with Crippen molar-refractivity contribution in [2.24, 2.45) is 4.99 Å². The van der Waals surface area contributed by atoms with Crippen molar-refractivity contribution in [1.82, 2.24) is 4.90 Å². The molecular weight excluding hydrogens is 534 g/mol. The zero-order valence-electron chi connectivity index (χ0n) is 20.1. The highest BCUT2D eigenvalue weighted by atomic mass is 35.5. The van der Waals surface area contributed by atoms with Crippen molar-refractivity contribution < 1.29 is 29.1 Å². The van der Waals surface area contributed by atoms with E-state index in [1.807, 2.05) is 0 Å². The van der Waals surface area contributed by atoms with Crippen LogP contribution in [0.5, 0.6) is 11.5 Å². The van der Waals surface area contributed by atoms with E-state index in [9.17, 15) is 24.8 Å². The van der Waals surface area contributed by atoms with Gasteiger partial charge in [0, 0.05) is 19.2 Å². The SMILES string of the molecule is COc1cc(/C=C2\SC(=Nc3cccc(C(=O)O)c3)N(C)C2=O)cc(Cl)c1OCc1ccc([N+](=O)[O-])cc1. The van der Waals surface area contributed by atoms with E-state index in [0.29, 0.717) is 32.6 Å². The van der Waals surface area contributed by atoms with Gasteiger partial charge in [0.1, 0.15) is 6.61 Å². The highest BCUT2D eigenvalue weighted by molar-refractivity contribution is 8.18. The molecular formula is C26H20ClN3O7S. The van der Waals surface area contributed by atoms with E-state index in [4.69, 9.17) is 21.1 Å². The minimum absolute atomic E-state index is 0.0197. The van der Waals surface area contributed by atoms with Gasteiger partial charge in [0.2, 0.25) is 0 Å². The van der Waals surface area contributed by atoms with Crippen molar-refractivity contribution in [2.75, 3.05) is 14.2 Å². The summed E-state index contributed by atoms with van der Waals surface area (Å²) in [5, 5.41) is 20.7. The van der Waals surface area contributed by atoms with E-state index in [1.54, 1.807) is 49.5 Å². The Hall–Kier alpha value is -4.35. The molecule has 4 rings (SSSR count). The fourth-order valence-corrected chi connectivity index (χ4v) is 4.72. The van der Waals surface area contributed by atoms with E-state index in [1.165, 1.54) is 36.3 Å². The summed E-state index contributed by atoms with van der Waals surface area (Å²) >= 11 is 7.62. The molecule has 0 bridgehead atoms. The number of amidine groups is 1. The third-order valence-corrected chi connectivity index (χ3v) is 6.74. The van der Waals surface area contributed by atoms with Gasteiger partial charge in [-0.1, -0.05) is 17.7 Å². The van der Waals surface area contributed by atoms with Crippen molar-refractivity contribution in [3.05, 3.63) is 97.4 Å². The maximum atomic E-state index is 12.8. The number of benzene rings is 3. The summed E-state index contributed by atoms with van der Waals surface area (Å²) < 4.78 is 11.3. The quantitative estimate of drug-likeness (QED) is 0.211. The molecule has 1 fully saturated rings. The Morgan fingerprint density at radius 3 is 2.61 bits per heavy atom. The summed E-state index contributed by atoms with van der Waals surface area (Å²) in [5.41, 5.74) is 1.78. The third-order valence-electron chi connectivity index (χ3n) is 5.40. The maximum absolute atomic E-state index is 12.8. The topological polar surface area (TPSA) is 132 Å². The molecule has 1 N–H and O–H groups in total. The van der Waals surface area contributed by atoms with Gasteiger partial charge in [0.15, 0.2) is 16.7 Å². The van der Waals surface area contributed by atoms with Crippen LogP contribution in [0.4, 0.5) is 11.4 Å². The molecule has 38 heavy (non-hydrogen) atoms. The fourth-order valence-electron chi connectivity index (χ4n) is 3.45. The van der Waals surface area contributed by atoms with E-state index in [-0.39, 0.29) is 34.5 Å². The summed E-state index contributed by atoms with van der Waals surface area (Å²) in [6.45, 7) is 0.108. The van der Waals surface area contributed by atoms with E-state index < -0.39 is 10.9 Å². The first kappa shape index (κ1) is 26.7. The maximum Gasteiger partial charge on any atom is 0.335 e. The van der Waals surface area contributed by atoms with Crippen LogP contribution in [-0.4, -0.2) is 46.1 Å². The Bertz CT molecular complexity index is 1490. The molecule has 3 aromatic rings. The molecule has 1 amide bonds. The molecule has 0 spiro atoms. The molecule has 0 aromatic heterocycles. The molecule has 0 aliphatic carbocycles. The van der Waals surface area contributed by atoms with Crippen LogP contribution in [0.25, 0.3) is 6.08 Å². The monoisotopic (exact) mass is 553 g/mol. The summed E-state index contributed by atoms with van der Waals surface area (Å²) in [6.07, 6.45) is 1.65. The van der Waals surface area contributed by atoms with Crippen LogP contribution in [0.1, 0.15) is 21.5 Å². The average molecular weight is 554 g/mol. The van der Waals surface area contributed by atoms with Crippen LogP contribution < -0.4 is 9.47 Å². The van der Waals surface area contributed by atoms with Gasteiger partial charge in [-0.25, -0.2) is 9.79 Å². The molecule has 1 heterocycles. The molecule has 1 aliphatic rings. The zero-order chi connectivity index (χ0) is 27.4. The fraction of sp³-hybridized carbons (Fsp3) is 0.115. The number of amides is 1. The number of hydrogen-bond donors (Lipinski definition) is 1. The van der Waals surface area contributed by atoms with E-state index in [0.717, 1.165) is 11.8 Å². The lowest BCUT2D eigenvalue weighted by Crippen LogP contribution is -2.23. The molecule has 194 valence electrons. The van der Waals surface area contributed by atoms with Crippen molar-refractivity contribution in [1.29, 1.82) is 0 Å². The van der Waals surface area contributed by atoms with Gasteiger partial charge in [-0.2, -0.15) is 0 Å². The van der Waals surface area contributed by atoms with Crippen LogP contribution in [0.15, 0.2) is 70.6 Å². The Balaban J connectivity index is 1.55. The largest absolute Gasteiger partial charge is 0.493 e. The number of carboxylic acid groups (broad SMARTS) is 1. The van der Waals surface area contributed by atoms with Gasteiger partial charge < -0.3 is 14.6 Å². The second kappa shape index (κ2) is 11.4. The number of aliphatic imine (C=N–C) groups is 1. The van der Waals surface area contributed by atoms with Crippen LogP contribution in [-0.2, 0) is 11.4 Å². The van der Waals surface area contributed by atoms with Crippen LogP contribution in [0.2, 0.25) is 5.02 Å². The lowest BCUT2D eigenvalue weighted by atomic mass is 10.1. The number of nitro benzene ring substituents is 1. The molecule has 10 nitrogen and oxygen atoms in total. The lowest BCUT2D eigenvalue weighted by Gasteiger charge is -2.13. The number of ether oxygens (including phenoxy) is 2. The predicted molar refractivity (Wildman–Crippen MR) is 144 cm³/mol. The highest BCUT2D eigenvalue weighted by Gasteiger charge is 2.30. The number of non-ortho nitro benzene ring substituents is 1. The first-order chi connectivity index (χ1) is 18.2. The number of hydrogen-bond acceptors (Lipinski definition) is 8. The Labute approximate surface area is 226 Å². The smallest absolute Gasteiger partial charge is 0.335 e. The number of thioether (sulfide) groups is 1. The van der Waals surface area contributed by atoms with Crippen molar-refractivity contribution in [3.63, 3.8) is 0 Å². The number of likely N-dealkylation sites (N-methyl/N-ethyl adjacent to an activating group) is 1. The zero-order valence-corrected chi connectivity index (χ0v) is 21.7. The minimum Gasteiger partial charge on any atom is -0.493 e. The number of carbonyl (C=O) groups is 2. The summed E-state index contributed by atoms with van der Waals surface area (Å²) in [5.74, 6) is -0.717. The minimum atomic E-state index is -1.07. The molecule has 3 aromatic carbocycles. The number of carboxylic acids is 1. The van der Waals surface area contributed by atoms with Gasteiger partial charge >= 0.3 is 5.97 Å². The second-order valence-electron chi connectivity index (χ2n) is 7.97. The Morgan fingerprint density at radius 1 is 1.21 bits per heavy atom. The standard InChI is InChI=1S/C26H20ClN3O7S/c1-29-24(31)22(38-26(29)28-18-5-3-4-17(13-18)25(32)33)12-16-10-20(27)23(21(11-16)36-2)37-14-15-6-8-19(9-7-15)30(34)35/h3-13H,14H2,1-2H3,(H,32,33)/b22-12-,28-26?. The van der Waals surface area contributed by atoms with Crippen molar-refractivity contribution in [2.45, 2.75) is 6.61 Å². The normalized spacial score (nSPS) is 15.2. The number of aromatic carboxylic acids is 1. The molecule has 0 unspecified atom stereocenters. The highest BCUT2D eigenvalue weighted by Crippen LogP contribution is 2.39. The van der Waals surface area contributed by atoms with Crippen molar-refractivity contribution in [3.8, 4) is 11.5 Å². The number of methoxy groups -OCH3 is 1. The van der Waals surface area contributed by atoms with Crippen LogP contribution in [0, 0.1) is 10.1 Å². The molecule has 0 atom stereocenters. The lowest BCUT2D eigenvalue weighted by molar-refractivity contribution is -0.384. The molecule has 1 saturated heterocycles. The Kier molecular flexibility index (Phi) is 7.99. The van der Waals surface area contributed by atoms with Gasteiger partial charge in [-0.05, 0) is 71.4 Å². The summed E-state index contributed by atoms with van der Waals surface area (Å²) in [4.78, 5) is 40.6. The predicted octanol–water partition coefficient (Wildman–Crippen LogP) is 5.77.